The summed E-state index contributed by atoms with van der Waals surface area (Å²) in [6.07, 6.45) is 6.76. The summed E-state index contributed by atoms with van der Waals surface area (Å²) in [5.41, 5.74) is 1.80. The Morgan fingerprint density at radius 1 is 1.31 bits per heavy atom. The third kappa shape index (κ3) is 3.56. The zero-order chi connectivity index (χ0) is 18.7. The normalized spacial score (nSPS) is 22.5. The summed E-state index contributed by atoms with van der Waals surface area (Å²) >= 11 is 0. The van der Waals surface area contributed by atoms with Gasteiger partial charge >= 0.3 is 5.97 Å². The molecule has 0 aromatic heterocycles. The monoisotopic (exact) mass is 376 g/mol. The number of carbonyl (C=O) groups is 1. The van der Waals surface area contributed by atoms with Crippen LogP contribution in [0.1, 0.15) is 45.1 Å². The van der Waals surface area contributed by atoms with E-state index in [9.17, 15) is 9.00 Å². The van der Waals surface area contributed by atoms with Crippen LogP contribution in [0, 0.1) is 0 Å². The first-order valence-electron chi connectivity index (χ1n) is 8.77. The second-order valence-electron chi connectivity index (χ2n) is 6.76. The molecule has 6 heteroatoms. The molecule has 1 spiro atoms. The Morgan fingerprint density at radius 3 is 2.69 bits per heavy atom. The number of allylic oxidation sites excluding steroid dienone is 1. The summed E-state index contributed by atoms with van der Waals surface area (Å²) in [5.74, 6) is 0.592. The van der Waals surface area contributed by atoms with Gasteiger partial charge in [-0.1, -0.05) is 17.7 Å². The minimum Gasteiger partial charge on any atom is -0.493 e. The van der Waals surface area contributed by atoms with Crippen molar-refractivity contribution in [1.29, 1.82) is 0 Å². The lowest BCUT2D eigenvalue weighted by atomic mass is 10.1. The Kier molecular flexibility index (Phi) is 5.51. The Bertz CT molecular complexity index is 783. The van der Waals surface area contributed by atoms with Crippen molar-refractivity contribution in [1.82, 2.24) is 0 Å². The first-order chi connectivity index (χ1) is 12.5. The van der Waals surface area contributed by atoms with Gasteiger partial charge in [0, 0.05) is 5.56 Å². The van der Waals surface area contributed by atoms with Gasteiger partial charge < -0.3 is 14.2 Å². The van der Waals surface area contributed by atoms with Gasteiger partial charge in [0.1, 0.15) is 22.3 Å². The minimum absolute atomic E-state index is 0.201. The fraction of sp³-hybridized carbons (Fsp3) is 0.450. The van der Waals surface area contributed by atoms with Crippen LogP contribution in [0.4, 0.5) is 0 Å². The zero-order valence-corrected chi connectivity index (χ0v) is 16.2. The number of rotatable bonds is 5. The molecule has 1 atom stereocenters. The molecule has 1 aliphatic heterocycles. The molecule has 0 amide bonds. The van der Waals surface area contributed by atoms with E-state index in [1.54, 1.807) is 19.3 Å². The molecule has 26 heavy (non-hydrogen) atoms. The molecule has 0 radical (unpaired) electrons. The molecule has 0 N–H and O–H groups in total. The van der Waals surface area contributed by atoms with Gasteiger partial charge in [-0.2, -0.15) is 0 Å². The van der Waals surface area contributed by atoms with Gasteiger partial charge in [-0.05, 0) is 57.7 Å². The van der Waals surface area contributed by atoms with Crippen LogP contribution in [0.5, 0.6) is 11.5 Å². The van der Waals surface area contributed by atoms with E-state index in [-0.39, 0.29) is 4.91 Å². The maximum atomic E-state index is 12.9. The number of para-hydroxylation sites is 1. The van der Waals surface area contributed by atoms with E-state index in [1.807, 2.05) is 32.1 Å². The van der Waals surface area contributed by atoms with Crippen molar-refractivity contribution in [3.8, 4) is 11.5 Å². The molecular formula is C20H24O5S. The highest BCUT2D eigenvalue weighted by atomic mass is 32.2. The minimum atomic E-state index is -1.47. The molecule has 140 valence electrons. The van der Waals surface area contributed by atoms with E-state index in [0.717, 1.165) is 18.4 Å². The first kappa shape index (κ1) is 18.7. The second-order valence-corrected chi connectivity index (χ2v) is 8.48. The maximum absolute atomic E-state index is 12.9. The zero-order valence-electron chi connectivity index (χ0n) is 15.4. The highest BCUT2D eigenvalue weighted by molar-refractivity contribution is 7.92. The number of ether oxygens (including phenoxy) is 3. The smallest absolute Gasteiger partial charge is 0.348 e. The molecule has 0 bridgehead atoms. The molecule has 1 aromatic carbocycles. The average Bonchev–Trinajstić information content (AvgIpc) is 3.16. The van der Waals surface area contributed by atoms with Crippen molar-refractivity contribution in [3.05, 3.63) is 40.3 Å². The van der Waals surface area contributed by atoms with Crippen molar-refractivity contribution < 1.29 is 23.2 Å². The molecule has 1 saturated heterocycles. The van der Waals surface area contributed by atoms with E-state index in [1.165, 1.54) is 0 Å². The van der Waals surface area contributed by atoms with Gasteiger partial charge in [0.2, 0.25) is 0 Å². The van der Waals surface area contributed by atoms with Crippen LogP contribution < -0.4 is 9.47 Å². The van der Waals surface area contributed by atoms with Gasteiger partial charge in [0.15, 0.2) is 16.4 Å². The van der Waals surface area contributed by atoms with Gasteiger partial charge in [-0.3, -0.25) is 0 Å². The van der Waals surface area contributed by atoms with Crippen LogP contribution in [-0.4, -0.2) is 28.8 Å². The Morgan fingerprint density at radius 2 is 2.04 bits per heavy atom. The first-order valence-corrected chi connectivity index (χ1v) is 9.92. The SMILES string of the molecule is COc1cccc(/C=C2/C(=O)OC3(CCCC3)S2=O)c1OCC=C(C)C. The Labute approximate surface area is 156 Å². The standard InChI is InChI=1S/C20H24O5S/c1-14(2)9-12-24-18-15(7-6-8-16(18)23-3)13-17-19(21)25-20(26(17)22)10-4-5-11-20/h6-9,13H,4-5,10-12H2,1-3H3/b17-13-. The Balaban J connectivity index is 1.96. The van der Waals surface area contributed by atoms with Gasteiger partial charge in [0.25, 0.3) is 0 Å². The average molecular weight is 376 g/mol. The largest absolute Gasteiger partial charge is 0.493 e. The molecule has 1 aliphatic carbocycles. The van der Waals surface area contributed by atoms with Crippen molar-refractivity contribution >= 4 is 22.8 Å². The van der Waals surface area contributed by atoms with Gasteiger partial charge in [0.05, 0.1) is 7.11 Å². The number of methoxy groups -OCH3 is 1. The van der Waals surface area contributed by atoms with Crippen molar-refractivity contribution in [3.63, 3.8) is 0 Å². The maximum Gasteiger partial charge on any atom is 0.348 e. The third-order valence-corrected chi connectivity index (χ3v) is 6.47. The lowest BCUT2D eigenvalue weighted by Gasteiger charge is -2.18. The summed E-state index contributed by atoms with van der Waals surface area (Å²) in [4.78, 5) is 11.7. The topological polar surface area (TPSA) is 61.8 Å². The number of hydrogen-bond acceptors (Lipinski definition) is 5. The lowest BCUT2D eigenvalue weighted by Crippen LogP contribution is -2.27. The molecule has 2 aliphatic rings. The fourth-order valence-electron chi connectivity index (χ4n) is 3.24. The van der Waals surface area contributed by atoms with Gasteiger partial charge in [-0.15, -0.1) is 0 Å². The van der Waals surface area contributed by atoms with Crippen LogP contribution in [-0.2, 0) is 20.3 Å². The molecule has 1 aromatic rings. The third-order valence-electron chi connectivity index (χ3n) is 4.62. The van der Waals surface area contributed by atoms with E-state index in [2.05, 4.69) is 0 Å². The van der Waals surface area contributed by atoms with Crippen LogP contribution in [0.3, 0.4) is 0 Å². The predicted molar refractivity (Wildman–Crippen MR) is 101 cm³/mol. The van der Waals surface area contributed by atoms with E-state index in [0.29, 0.717) is 36.5 Å². The number of hydrogen-bond donors (Lipinski definition) is 0. The molecule has 3 rings (SSSR count). The molecule has 1 unspecified atom stereocenters. The van der Waals surface area contributed by atoms with Crippen LogP contribution in [0.15, 0.2) is 34.8 Å². The number of benzene rings is 1. The fourth-order valence-corrected chi connectivity index (χ4v) is 4.88. The summed E-state index contributed by atoms with van der Waals surface area (Å²) in [7, 11) is 0.0910. The van der Waals surface area contributed by atoms with Gasteiger partial charge in [-0.25, -0.2) is 9.00 Å². The van der Waals surface area contributed by atoms with E-state index in [4.69, 9.17) is 14.2 Å². The highest BCUT2D eigenvalue weighted by Crippen LogP contribution is 2.45. The number of carbonyl (C=O) groups excluding carboxylic acids is 1. The molecule has 1 saturated carbocycles. The predicted octanol–water partition coefficient (Wildman–Crippen LogP) is 3.96. The van der Waals surface area contributed by atoms with Crippen molar-refractivity contribution in [2.24, 2.45) is 0 Å². The molecule has 5 nitrogen and oxygen atoms in total. The van der Waals surface area contributed by atoms with Crippen LogP contribution in [0.25, 0.3) is 6.08 Å². The Hall–Kier alpha value is -2.08. The van der Waals surface area contributed by atoms with Crippen LogP contribution in [0.2, 0.25) is 0 Å². The second kappa shape index (κ2) is 7.66. The van der Waals surface area contributed by atoms with Crippen molar-refractivity contribution in [2.75, 3.05) is 13.7 Å². The molecule has 2 fully saturated rings. The summed E-state index contributed by atoms with van der Waals surface area (Å²) in [6, 6.07) is 5.42. The highest BCUT2D eigenvalue weighted by Gasteiger charge is 2.52. The van der Waals surface area contributed by atoms with E-state index < -0.39 is 21.7 Å². The lowest BCUT2D eigenvalue weighted by molar-refractivity contribution is -0.143. The van der Waals surface area contributed by atoms with E-state index >= 15 is 0 Å². The summed E-state index contributed by atoms with van der Waals surface area (Å²) < 4.78 is 29.7. The molecule has 1 heterocycles. The van der Waals surface area contributed by atoms with Crippen LogP contribution >= 0.6 is 0 Å². The summed E-state index contributed by atoms with van der Waals surface area (Å²) in [6.45, 7) is 4.37. The quantitative estimate of drug-likeness (QED) is 0.442. The molecular weight excluding hydrogens is 352 g/mol. The van der Waals surface area contributed by atoms with Crippen molar-refractivity contribution in [2.45, 2.75) is 44.5 Å². The summed E-state index contributed by atoms with van der Waals surface area (Å²) in [5, 5.41) is 0. The number of esters is 1.